The van der Waals surface area contributed by atoms with Crippen LogP contribution in [0.3, 0.4) is 0 Å². The quantitative estimate of drug-likeness (QED) is 0.148. The number of unbranched alkanes of at least 4 members (excludes halogenated alkanes) is 14. The molecule has 0 saturated carbocycles. The first-order valence-corrected chi connectivity index (χ1v) is 10.5. The number of methoxy groups -OCH3 is 1. The van der Waals surface area contributed by atoms with Crippen molar-refractivity contribution in [2.45, 2.75) is 116 Å². The lowest BCUT2D eigenvalue weighted by atomic mass is 10.1. The predicted octanol–water partition coefficient (Wildman–Crippen LogP) is 7.37. The number of esters is 1. The molecular formula is C22H42O2. The van der Waals surface area contributed by atoms with Gasteiger partial charge >= 0.3 is 5.97 Å². The molecule has 0 aliphatic heterocycles. The van der Waals surface area contributed by atoms with Crippen molar-refractivity contribution in [3.05, 3.63) is 12.2 Å². The average Bonchev–Trinajstić information content (AvgIpc) is 2.60. The zero-order valence-corrected chi connectivity index (χ0v) is 16.5. The molecule has 0 aliphatic rings. The third-order valence-electron chi connectivity index (χ3n) is 4.62. The first kappa shape index (κ1) is 23.2. The highest BCUT2D eigenvalue weighted by atomic mass is 16.5. The van der Waals surface area contributed by atoms with E-state index in [-0.39, 0.29) is 5.97 Å². The summed E-state index contributed by atoms with van der Waals surface area (Å²) in [4.78, 5) is 11.0. The monoisotopic (exact) mass is 338 g/mol. The first-order chi connectivity index (χ1) is 11.8. The summed E-state index contributed by atoms with van der Waals surface area (Å²) in [6, 6.07) is 0. The average molecular weight is 339 g/mol. The molecule has 0 bridgehead atoms. The Morgan fingerprint density at radius 3 is 1.54 bits per heavy atom. The normalized spacial score (nSPS) is 11.2. The van der Waals surface area contributed by atoms with Crippen LogP contribution < -0.4 is 0 Å². The van der Waals surface area contributed by atoms with Crippen LogP contribution in [0.25, 0.3) is 0 Å². The van der Waals surface area contributed by atoms with Gasteiger partial charge in [-0.1, -0.05) is 89.7 Å². The van der Waals surface area contributed by atoms with Crippen molar-refractivity contribution in [1.82, 2.24) is 0 Å². The second-order valence-corrected chi connectivity index (χ2v) is 6.97. The molecule has 142 valence electrons. The smallest absolute Gasteiger partial charge is 0.305 e. The topological polar surface area (TPSA) is 26.3 Å². The molecule has 0 aliphatic carbocycles. The van der Waals surface area contributed by atoms with Crippen molar-refractivity contribution >= 4 is 5.97 Å². The van der Waals surface area contributed by atoms with Crippen LogP contribution in [0.15, 0.2) is 12.2 Å². The van der Waals surface area contributed by atoms with E-state index in [2.05, 4.69) is 23.8 Å². The Labute approximate surface area is 151 Å². The lowest BCUT2D eigenvalue weighted by molar-refractivity contribution is -0.140. The molecule has 0 atom stereocenters. The zero-order valence-electron chi connectivity index (χ0n) is 16.5. The van der Waals surface area contributed by atoms with Gasteiger partial charge in [-0.25, -0.2) is 0 Å². The van der Waals surface area contributed by atoms with Gasteiger partial charge in [0.25, 0.3) is 0 Å². The molecule has 0 aromatic carbocycles. The van der Waals surface area contributed by atoms with Crippen LogP contribution in [0.2, 0.25) is 0 Å². The standard InChI is InChI=1S/C22H42O2/c1-3-4-5-6-7-8-9-10-11-12-13-14-15-16-17-18-19-20-21-22(23)24-2/h13-14H,3-12,15-21H2,1-2H3/b14-13+. The highest BCUT2D eigenvalue weighted by Gasteiger charge is 1.98. The van der Waals surface area contributed by atoms with Crippen molar-refractivity contribution in [2.75, 3.05) is 7.11 Å². The van der Waals surface area contributed by atoms with Gasteiger partial charge in [-0.3, -0.25) is 4.79 Å². The van der Waals surface area contributed by atoms with Crippen LogP contribution in [0, 0.1) is 0 Å². The maximum atomic E-state index is 11.0. The first-order valence-electron chi connectivity index (χ1n) is 10.5. The Morgan fingerprint density at radius 2 is 1.08 bits per heavy atom. The van der Waals surface area contributed by atoms with Crippen LogP contribution in [0.4, 0.5) is 0 Å². The van der Waals surface area contributed by atoms with Gasteiger partial charge in [0.1, 0.15) is 0 Å². The van der Waals surface area contributed by atoms with Gasteiger partial charge in [-0.05, 0) is 32.1 Å². The Hall–Kier alpha value is -0.790. The molecule has 0 aromatic heterocycles. The van der Waals surface area contributed by atoms with Crippen LogP contribution in [-0.2, 0) is 9.53 Å². The van der Waals surface area contributed by atoms with Crippen molar-refractivity contribution < 1.29 is 9.53 Å². The Balaban J connectivity index is 3.10. The maximum absolute atomic E-state index is 11.0. The van der Waals surface area contributed by atoms with E-state index in [4.69, 9.17) is 0 Å². The van der Waals surface area contributed by atoms with Crippen LogP contribution in [0.5, 0.6) is 0 Å². The van der Waals surface area contributed by atoms with Gasteiger partial charge in [-0.15, -0.1) is 0 Å². The molecule has 0 aromatic rings. The summed E-state index contributed by atoms with van der Waals surface area (Å²) in [6.07, 6.45) is 26.4. The van der Waals surface area contributed by atoms with Gasteiger partial charge in [0, 0.05) is 6.42 Å². The van der Waals surface area contributed by atoms with Crippen LogP contribution in [0.1, 0.15) is 116 Å². The van der Waals surface area contributed by atoms with Crippen molar-refractivity contribution in [3.8, 4) is 0 Å². The molecule has 0 rings (SSSR count). The summed E-state index contributed by atoms with van der Waals surface area (Å²) in [5.41, 5.74) is 0. The molecule has 2 nitrogen and oxygen atoms in total. The number of rotatable bonds is 18. The summed E-state index contributed by atoms with van der Waals surface area (Å²) in [5.74, 6) is -0.0746. The molecule has 2 heteroatoms. The maximum Gasteiger partial charge on any atom is 0.305 e. The van der Waals surface area contributed by atoms with E-state index in [1.54, 1.807) is 0 Å². The number of carbonyl (C=O) groups excluding carboxylic acids is 1. The predicted molar refractivity (Wildman–Crippen MR) is 105 cm³/mol. The minimum absolute atomic E-state index is 0.0746. The Kier molecular flexibility index (Phi) is 19.6. The number of hydrogen-bond donors (Lipinski definition) is 0. The molecule has 0 spiro atoms. The van der Waals surface area contributed by atoms with E-state index in [1.807, 2.05) is 0 Å². The molecular weight excluding hydrogens is 296 g/mol. The third-order valence-corrected chi connectivity index (χ3v) is 4.62. The third kappa shape index (κ3) is 19.3. The van der Waals surface area contributed by atoms with Gasteiger partial charge in [-0.2, -0.15) is 0 Å². The number of hydrogen-bond acceptors (Lipinski definition) is 2. The number of ether oxygens (including phenoxy) is 1. The summed E-state index contributed by atoms with van der Waals surface area (Å²) in [6.45, 7) is 2.28. The van der Waals surface area contributed by atoms with E-state index >= 15 is 0 Å². The lowest BCUT2D eigenvalue weighted by Gasteiger charge is -2.01. The van der Waals surface area contributed by atoms with E-state index in [1.165, 1.54) is 97.0 Å². The Morgan fingerprint density at radius 1 is 0.667 bits per heavy atom. The lowest BCUT2D eigenvalue weighted by Crippen LogP contribution is -1.98. The van der Waals surface area contributed by atoms with E-state index in [9.17, 15) is 4.79 Å². The van der Waals surface area contributed by atoms with Gasteiger partial charge in [0.15, 0.2) is 0 Å². The van der Waals surface area contributed by atoms with Crippen molar-refractivity contribution in [1.29, 1.82) is 0 Å². The van der Waals surface area contributed by atoms with Gasteiger partial charge < -0.3 is 4.74 Å². The second-order valence-electron chi connectivity index (χ2n) is 6.97. The fourth-order valence-corrected chi connectivity index (χ4v) is 2.97. The summed E-state index contributed by atoms with van der Waals surface area (Å²) in [5, 5.41) is 0. The zero-order chi connectivity index (χ0) is 17.7. The fourth-order valence-electron chi connectivity index (χ4n) is 2.97. The van der Waals surface area contributed by atoms with Crippen LogP contribution in [-0.4, -0.2) is 13.1 Å². The minimum atomic E-state index is -0.0746. The SMILES string of the molecule is CCCCCCCCCCC/C=C/CCCCCCCC(=O)OC. The summed E-state index contributed by atoms with van der Waals surface area (Å²) in [7, 11) is 1.46. The molecule has 0 N–H and O–H groups in total. The van der Waals surface area contributed by atoms with Gasteiger partial charge in [0.05, 0.1) is 7.11 Å². The molecule has 24 heavy (non-hydrogen) atoms. The Bertz CT molecular complexity index is 284. The van der Waals surface area contributed by atoms with Crippen molar-refractivity contribution in [3.63, 3.8) is 0 Å². The molecule has 0 amide bonds. The fraction of sp³-hybridized carbons (Fsp3) is 0.864. The van der Waals surface area contributed by atoms with Crippen molar-refractivity contribution in [2.24, 2.45) is 0 Å². The minimum Gasteiger partial charge on any atom is -0.469 e. The molecule has 0 fully saturated rings. The summed E-state index contributed by atoms with van der Waals surface area (Å²) < 4.78 is 4.64. The molecule has 0 heterocycles. The molecule has 0 radical (unpaired) electrons. The molecule has 0 saturated heterocycles. The molecule has 0 unspecified atom stereocenters. The summed E-state index contributed by atoms with van der Waals surface area (Å²) >= 11 is 0. The largest absolute Gasteiger partial charge is 0.469 e. The van der Waals surface area contributed by atoms with E-state index in [0.717, 1.165) is 12.8 Å². The number of allylic oxidation sites excluding steroid dienone is 2. The number of carbonyl (C=O) groups is 1. The highest BCUT2D eigenvalue weighted by molar-refractivity contribution is 5.68. The van der Waals surface area contributed by atoms with E-state index in [0.29, 0.717) is 6.42 Å². The second kappa shape index (κ2) is 20.3. The van der Waals surface area contributed by atoms with Crippen LogP contribution >= 0.6 is 0 Å². The van der Waals surface area contributed by atoms with E-state index < -0.39 is 0 Å². The highest BCUT2D eigenvalue weighted by Crippen LogP contribution is 2.11. The van der Waals surface area contributed by atoms with Gasteiger partial charge in [0.2, 0.25) is 0 Å².